The van der Waals surface area contributed by atoms with Gasteiger partial charge in [0.15, 0.2) is 0 Å². The van der Waals surface area contributed by atoms with Crippen molar-refractivity contribution in [3.63, 3.8) is 0 Å². The molecule has 0 aromatic rings. The number of hydrogen-bond donors (Lipinski definition) is 5. The Bertz CT molecular complexity index is 548. The maximum atomic E-state index is 12.4. The molecule has 0 aliphatic carbocycles. The van der Waals surface area contributed by atoms with Crippen molar-refractivity contribution in [2.24, 2.45) is 11.7 Å². The topological polar surface area (TPSA) is 151 Å². The molecule has 6 N–H and O–H groups in total. The summed E-state index contributed by atoms with van der Waals surface area (Å²) in [4.78, 5) is 47.9. The highest BCUT2D eigenvalue weighted by atomic mass is 32.2. The number of carbonyl (C=O) groups excluding carboxylic acids is 3. The van der Waals surface area contributed by atoms with Crippen LogP contribution in [0.5, 0.6) is 0 Å². The molecule has 0 saturated carbocycles. The van der Waals surface area contributed by atoms with Gasteiger partial charge in [-0.15, -0.1) is 0 Å². The second kappa shape index (κ2) is 15.4. The van der Waals surface area contributed by atoms with E-state index in [1.165, 1.54) is 23.5 Å². The predicted molar refractivity (Wildman–Crippen MR) is 118 cm³/mol. The van der Waals surface area contributed by atoms with Crippen LogP contribution in [0.4, 0.5) is 0 Å². The summed E-state index contributed by atoms with van der Waals surface area (Å²) in [5.74, 6) is -1.17. The first-order chi connectivity index (χ1) is 13.6. The number of carbonyl (C=O) groups is 4. The van der Waals surface area contributed by atoms with E-state index in [1.807, 2.05) is 26.4 Å². The average molecular weight is 451 g/mol. The van der Waals surface area contributed by atoms with Gasteiger partial charge in [0.05, 0.1) is 12.6 Å². The Morgan fingerprint density at radius 3 is 1.97 bits per heavy atom. The standard InChI is InChI=1S/C18H34N4O5S2/c1-11(2)9-12(19)16(24)22-13(5-7-28-3)17(25)20-10-15(23)21-14(18(26)27)6-8-29-4/h11-14H,5-10,19H2,1-4H3,(H,20,25)(H,21,23)(H,22,24)(H,26,27). The molecule has 9 nitrogen and oxygen atoms in total. The van der Waals surface area contributed by atoms with E-state index in [9.17, 15) is 19.2 Å². The number of thioether (sulfide) groups is 2. The molecule has 0 rings (SSSR count). The van der Waals surface area contributed by atoms with Crippen LogP contribution in [0.3, 0.4) is 0 Å². The third-order valence-corrected chi connectivity index (χ3v) is 5.26. The molecule has 0 fully saturated rings. The number of carboxylic acid groups (broad SMARTS) is 1. The van der Waals surface area contributed by atoms with Crippen LogP contribution < -0.4 is 21.7 Å². The van der Waals surface area contributed by atoms with Gasteiger partial charge in [0, 0.05) is 0 Å². The van der Waals surface area contributed by atoms with E-state index < -0.39 is 41.8 Å². The van der Waals surface area contributed by atoms with Crippen molar-refractivity contribution in [3.8, 4) is 0 Å². The molecule has 29 heavy (non-hydrogen) atoms. The van der Waals surface area contributed by atoms with E-state index >= 15 is 0 Å². The minimum Gasteiger partial charge on any atom is -0.480 e. The molecule has 3 unspecified atom stereocenters. The van der Waals surface area contributed by atoms with Crippen molar-refractivity contribution < 1.29 is 24.3 Å². The lowest BCUT2D eigenvalue weighted by Gasteiger charge is -2.21. The van der Waals surface area contributed by atoms with Crippen LogP contribution in [0.25, 0.3) is 0 Å². The van der Waals surface area contributed by atoms with Gasteiger partial charge in [0.2, 0.25) is 17.7 Å². The Kier molecular flexibility index (Phi) is 14.6. The SMILES string of the molecule is CSCCC(NC(=O)CNC(=O)C(CCSC)NC(=O)C(N)CC(C)C)C(=O)O. The van der Waals surface area contributed by atoms with Crippen molar-refractivity contribution in [1.82, 2.24) is 16.0 Å². The van der Waals surface area contributed by atoms with E-state index in [0.29, 0.717) is 24.3 Å². The number of carboxylic acids is 1. The van der Waals surface area contributed by atoms with E-state index in [1.54, 1.807) is 0 Å². The summed E-state index contributed by atoms with van der Waals surface area (Å²) in [6.45, 7) is 3.53. The molecule has 0 aliphatic heterocycles. The molecule has 0 bridgehead atoms. The Balaban J connectivity index is 4.74. The van der Waals surface area contributed by atoms with E-state index in [2.05, 4.69) is 16.0 Å². The molecule has 3 atom stereocenters. The lowest BCUT2D eigenvalue weighted by Crippen LogP contribution is -2.53. The molecular weight excluding hydrogens is 416 g/mol. The van der Waals surface area contributed by atoms with Crippen LogP contribution in [-0.2, 0) is 19.2 Å². The van der Waals surface area contributed by atoms with Crippen LogP contribution >= 0.6 is 23.5 Å². The summed E-state index contributed by atoms with van der Waals surface area (Å²) < 4.78 is 0. The van der Waals surface area contributed by atoms with Crippen LogP contribution in [0, 0.1) is 5.92 Å². The first-order valence-corrected chi connectivity index (χ1v) is 12.2. The second-order valence-electron chi connectivity index (χ2n) is 7.04. The molecule has 0 spiro atoms. The molecule has 168 valence electrons. The Labute approximate surface area is 181 Å². The van der Waals surface area contributed by atoms with Crippen molar-refractivity contribution in [1.29, 1.82) is 0 Å². The molecule has 0 saturated heterocycles. The number of nitrogens with two attached hydrogens (primary N) is 1. The lowest BCUT2D eigenvalue weighted by atomic mass is 10.0. The van der Waals surface area contributed by atoms with Gasteiger partial charge in [-0.2, -0.15) is 23.5 Å². The molecule has 0 radical (unpaired) electrons. The molecule has 3 amide bonds. The van der Waals surface area contributed by atoms with E-state index in [4.69, 9.17) is 10.8 Å². The van der Waals surface area contributed by atoms with Crippen LogP contribution in [0.1, 0.15) is 33.1 Å². The van der Waals surface area contributed by atoms with Crippen molar-refractivity contribution in [3.05, 3.63) is 0 Å². The normalized spacial score (nSPS) is 14.0. The van der Waals surface area contributed by atoms with Crippen LogP contribution in [0.2, 0.25) is 0 Å². The fraction of sp³-hybridized carbons (Fsp3) is 0.778. The Morgan fingerprint density at radius 2 is 1.48 bits per heavy atom. The molecule has 11 heteroatoms. The number of rotatable bonds is 15. The van der Waals surface area contributed by atoms with Crippen molar-refractivity contribution in [2.75, 3.05) is 30.6 Å². The van der Waals surface area contributed by atoms with Gasteiger partial charge in [0.25, 0.3) is 0 Å². The smallest absolute Gasteiger partial charge is 0.326 e. The van der Waals surface area contributed by atoms with E-state index in [0.717, 1.165) is 0 Å². The largest absolute Gasteiger partial charge is 0.480 e. The third-order valence-electron chi connectivity index (χ3n) is 3.97. The highest BCUT2D eigenvalue weighted by Crippen LogP contribution is 2.05. The lowest BCUT2D eigenvalue weighted by molar-refractivity contribution is -0.141. The quantitative estimate of drug-likeness (QED) is 0.235. The number of nitrogens with one attached hydrogen (secondary N) is 3. The second-order valence-corrected chi connectivity index (χ2v) is 9.01. The summed E-state index contributed by atoms with van der Waals surface area (Å²) in [7, 11) is 0. The van der Waals surface area contributed by atoms with Crippen LogP contribution in [-0.4, -0.2) is 77.5 Å². The minimum absolute atomic E-state index is 0.242. The number of hydrogen-bond acceptors (Lipinski definition) is 7. The van der Waals surface area contributed by atoms with Gasteiger partial charge < -0.3 is 26.8 Å². The summed E-state index contributed by atoms with van der Waals surface area (Å²) in [5, 5.41) is 16.7. The highest BCUT2D eigenvalue weighted by Gasteiger charge is 2.25. The van der Waals surface area contributed by atoms with Crippen molar-refractivity contribution >= 4 is 47.2 Å². The first kappa shape index (κ1) is 27.5. The minimum atomic E-state index is -1.12. The molecule has 0 heterocycles. The fourth-order valence-corrected chi connectivity index (χ4v) is 3.37. The Morgan fingerprint density at radius 1 is 0.931 bits per heavy atom. The van der Waals surface area contributed by atoms with Crippen molar-refractivity contribution in [2.45, 2.75) is 51.2 Å². The summed E-state index contributed by atoms with van der Waals surface area (Å²) in [5.41, 5.74) is 5.87. The highest BCUT2D eigenvalue weighted by molar-refractivity contribution is 7.98. The maximum absolute atomic E-state index is 12.4. The van der Waals surface area contributed by atoms with Gasteiger partial charge in [-0.3, -0.25) is 14.4 Å². The fourth-order valence-electron chi connectivity index (χ4n) is 2.43. The average Bonchev–Trinajstić information content (AvgIpc) is 2.65. The van der Waals surface area contributed by atoms with Crippen LogP contribution in [0.15, 0.2) is 0 Å². The maximum Gasteiger partial charge on any atom is 0.326 e. The summed E-state index contributed by atoms with van der Waals surface area (Å²) in [6, 6.07) is -2.53. The molecule has 0 aromatic carbocycles. The zero-order chi connectivity index (χ0) is 22.4. The Hall–Kier alpha value is -1.46. The van der Waals surface area contributed by atoms with Gasteiger partial charge >= 0.3 is 5.97 Å². The molecule has 0 aliphatic rings. The predicted octanol–water partition coefficient (Wildman–Crippen LogP) is 0.0364. The summed E-state index contributed by atoms with van der Waals surface area (Å²) >= 11 is 3.01. The van der Waals surface area contributed by atoms with Gasteiger partial charge in [-0.1, -0.05) is 13.8 Å². The molecular formula is C18H34N4O5S2. The number of aliphatic carboxylic acids is 1. The zero-order valence-electron chi connectivity index (χ0n) is 17.5. The summed E-state index contributed by atoms with van der Waals surface area (Å²) in [6.07, 6.45) is 4.90. The first-order valence-electron chi connectivity index (χ1n) is 9.46. The number of amides is 3. The monoisotopic (exact) mass is 450 g/mol. The van der Waals surface area contributed by atoms with E-state index in [-0.39, 0.29) is 18.9 Å². The third kappa shape index (κ3) is 12.7. The van der Waals surface area contributed by atoms with Gasteiger partial charge in [-0.05, 0) is 49.2 Å². The van der Waals surface area contributed by atoms with Gasteiger partial charge in [-0.25, -0.2) is 4.79 Å². The zero-order valence-corrected chi connectivity index (χ0v) is 19.2. The molecule has 0 aromatic heterocycles. The van der Waals surface area contributed by atoms with Gasteiger partial charge in [0.1, 0.15) is 12.1 Å².